The molecular weight excluding hydrogens is 298 g/mol. The van der Waals surface area contributed by atoms with Gasteiger partial charge in [-0.15, -0.1) is 0 Å². The van der Waals surface area contributed by atoms with Gasteiger partial charge in [0.25, 0.3) is 0 Å². The van der Waals surface area contributed by atoms with E-state index < -0.39 is 6.23 Å². The van der Waals surface area contributed by atoms with Crippen LogP contribution < -0.4 is 0 Å². The normalized spacial score (nSPS) is 12.3. The van der Waals surface area contributed by atoms with Crippen LogP contribution in [-0.2, 0) is 4.79 Å². The molecule has 0 radical (unpaired) electrons. The van der Waals surface area contributed by atoms with Gasteiger partial charge in [-0.3, -0.25) is 4.79 Å². The lowest BCUT2D eigenvalue weighted by molar-refractivity contribution is -0.137. The van der Waals surface area contributed by atoms with Crippen molar-refractivity contribution in [3.63, 3.8) is 0 Å². The van der Waals surface area contributed by atoms with Gasteiger partial charge < -0.3 is 10.0 Å². The zero-order valence-corrected chi connectivity index (χ0v) is 16.7. The fraction of sp³-hybridized carbons (Fsp3) is 0.952. The number of hydrogen-bond donors (Lipinski definition) is 1. The van der Waals surface area contributed by atoms with Gasteiger partial charge >= 0.3 is 0 Å². The highest BCUT2D eigenvalue weighted by Gasteiger charge is 2.11. The van der Waals surface area contributed by atoms with Crippen molar-refractivity contribution in [2.24, 2.45) is 0 Å². The third-order valence-corrected chi connectivity index (χ3v) is 4.95. The van der Waals surface area contributed by atoms with Crippen molar-refractivity contribution < 1.29 is 9.90 Å². The number of nitrogens with zero attached hydrogens (tertiary/aromatic N) is 1. The molecule has 0 spiro atoms. The number of unbranched alkanes of at least 4 members (excludes halogenated alkanes) is 14. The molecule has 3 heteroatoms. The highest BCUT2D eigenvalue weighted by Crippen LogP contribution is 2.14. The molecule has 0 saturated carbocycles. The molecule has 1 amide bonds. The molecule has 0 saturated heterocycles. The van der Waals surface area contributed by atoms with Crippen molar-refractivity contribution in [2.75, 3.05) is 7.05 Å². The Morgan fingerprint density at radius 3 is 1.42 bits per heavy atom. The van der Waals surface area contributed by atoms with Gasteiger partial charge in [0.1, 0.15) is 6.23 Å². The SMILES string of the molecule is CCCCCCCCCCCCCCCCCC(=O)N(C)C(C)O. The molecule has 0 bridgehead atoms. The smallest absolute Gasteiger partial charge is 0.224 e. The van der Waals surface area contributed by atoms with Crippen LogP contribution in [0.1, 0.15) is 117 Å². The molecule has 0 aromatic carbocycles. The van der Waals surface area contributed by atoms with E-state index in [2.05, 4.69) is 6.92 Å². The molecule has 3 nitrogen and oxygen atoms in total. The van der Waals surface area contributed by atoms with Gasteiger partial charge in [-0.2, -0.15) is 0 Å². The highest BCUT2D eigenvalue weighted by molar-refractivity contribution is 5.75. The average molecular weight is 342 g/mol. The third kappa shape index (κ3) is 15.0. The largest absolute Gasteiger partial charge is 0.374 e. The van der Waals surface area contributed by atoms with E-state index in [1.54, 1.807) is 14.0 Å². The van der Waals surface area contributed by atoms with Crippen molar-refractivity contribution >= 4 is 5.91 Å². The molecule has 24 heavy (non-hydrogen) atoms. The van der Waals surface area contributed by atoms with Gasteiger partial charge in [-0.05, 0) is 13.3 Å². The zero-order valence-electron chi connectivity index (χ0n) is 16.7. The van der Waals surface area contributed by atoms with E-state index in [1.807, 2.05) is 0 Å². The monoisotopic (exact) mass is 341 g/mol. The maximum atomic E-state index is 11.7. The summed E-state index contributed by atoms with van der Waals surface area (Å²) in [6, 6.07) is 0. The predicted molar refractivity (Wildman–Crippen MR) is 104 cm³/mol. The molecule has 0 heterocycles. The number of amides is 1. The van der Waals surface area contributed by atoms with Crippen molar-refractivity contribution in [1.29, 1.82) is 0 Å². The molecule has 1 N–H and O–H groups in total. The van der Waals surface area contributed by atoms with Crippen molar-refractivity contribution in [3.8, 4) is 0 Å². The van der Waals surface area contributed by atoms with Gasteiger partial charge in [0.15, 0.2) is 0 Å². The summed E-state index contributed by atoms with van der Waals surface area (Å²) in [7, 11) is 1.66. The van der Waals surface area contributed by atoms with Gasteiger partial charge in [-0.1, -0.05) is 96.8 Å². The van der Waals surface area contributed by atoms with E-state index in [1.165, 1.54) is 88.4 Å². The number of rotatable bonds is 17. The Morgan fingerprint density at radius 2 is 1.08 bits per heavy atom. The van der Waals surface area contributed by atoms with E-state index in [4.69, 9.17) is 0 Å². The molecule has 0 aromatic heterocycles. The van der Waals surface area contributed by atoms with Crippen LogP contribution in [0.2, 0.25) is 0 Å². The van der Waals surface area contributed by atoms with Crippen LogP contribution in [0.25, 0.3) is 0 Å². The van der Waals surface area contributed by atoms with E-state index >= 15 is 0 Å². The maximum absolute atomic E-state index is 11.7. The molecule has 0 aliphatic rings. The topological polar surface area (TPSA) is 40.5 Å². The van der Waals surface area contributed by atoms with Crippen LogP contribution in [0.3, 0.4) is 0 Å². The minimum absolute atomic E-state index is 0.0553. The second kappa shape index (κ2) is 17.3. The molecular formula is C21H43NO2. The number of aliphatic hydroxyl groups excluding tert-OH is 1. The molecule has 144 valence electrons. The minimum Gasteiger partial charge on any atom is -0.374 e. The molecule has 0 rings (SSSR count). The lowest BCUT2D eigenvalue weighted by Crippen LogP contribution is -2.34. The maximum Gasteiger partial charge on any atom is 0.224 e. The first-order valence-electron chi connectivity index (χ1n) is 10.5. The van der Waals surface area contributed by atoms with Gasteiger partial charge in [0.2, 0.25) is 5.91 Å². The van der Waals surface area contributed by atoms with Crippen LogP contribution in [0.15, 0.2) is 0 Å². The van der Waals surface area contributed by atoms with Crippen LogP contribution >= 0.6 is 0 Å². The standard InChI is InChI=1S/C21H43NO2/c1-4-5-6-7-8-9-10-11-12-13-14-15-16-17-18-19-21(24)22(3)20(2)23/h20,23H,4-19H2,1-3H3. The highest BCUT2D eigenvalue weighted by atomic mass is 16.3. The molecule has 0 fully saturated rings. The Kier molecular flexibility index (Phi) is 16.8. The molecule has 1 atom stereocenters. The Hall–Kier alpha value is -0.570. The number of carbonyl (C=O) groups excluding carboxylic acids is 1. The zero-order chi connectivity index (χ0) is 18.0. The molecule has 1 unspecified atom stereocenters. The van der Waals surface area contributed by atoms with Gasteiger partial charge in [0, 0.05) is 13.5 Å². The summed E-state index contributed by atoms with van der Waals surface area (Å²) < 4.78 is 0. The lowest BCUT2D eigenvalue weighted by Gasteiger charge is -2.20. The molecule has 0 aliphatic carbocycles. The summed E-state index contributed by atoms with van der Waals surface area (Å²) in [5.41, 5.74) is 0. The van der Waals surface area contributed by atoms with Crippen molar-refractivity contribution in [1.82, 2.24) is 4.90 Å². The quantitative estimate of drug-likeness (QED) is 0.258. The van der Waals surface area contributed by atoms with Crippen LogP contribution in [0.4, 0.5) is 0 Å². The summed E-state index contributed by atoms with van der Waals surface area (Å²) in [4.78, 5) is 13.1. The second-order valence-electron chi connectivity index (χ2n) is 7.34. The Balaban J connectivity index is 3.17. The Morgan fingerprint density at radius 1 is 0.750 bits per heavy atom. The van der Waals surface area contributed by atoms with Crippen molar-refractivity contribution in [2.45, 2.75) is 123 Å². The second-order valence-corrected chi connectivity index (χ2v) is 7.34. The minimum atomic E-state index is -0.672. The summed E-state index contributed by atoms with van der Waals surface area (Å²) in [5.74, 6) is 0.0553. The first-order valence-corrected chi connectivity index (χ1v) is 10.5. The summed E-state index contributed by atoms with van der Waals surface area (Å²) in [6.07, 6.45) is 20.0. The van der Waals surface area contributed by atoms with Gasteiger partial charge in [-0.25, -0.2) is 0 Å². The van der Waals surface area contributed by atoms with E-state index in [-0.39, 0.29) is 5.91 Å². The Bertz CT molecular complexity index is 279. The first kappa shape index (κ1) is 23.4. The number of hydrogen-bond acceptors (Lipinski definition) is 2. The number of carbonyl (C=O) groups is 1. The molecule has 0 aliphatic heterocycles. The summed E-state index contributed by atoms with van der Waals surface area (Å²) in [6.45, 7) is 3.90. The predicted octanol–water partition coefficient (Wildman–Crippen LogP) is 6.04. The third-order valence-electron chi connectivity index (χ3n) is 4.95. The fourth-order valence-corrected chi connectivity index (χ4v) is 3.03. The van der Waals surface area contributed by atoms with E-state index in [0.29, 0.717) is 6.42 Å². The first-order chi connectivity index (χ1) is 11.6. The Labute approximate surface area is 151 Å². The number of aliphatic hydroxyl groups is 1. The van der Waals surface area contributed by atoms with Crippen LogP contribution in [0, 0.1) is 0 Å². The lowest BCUT2D eigenvalue weighted by atomic mass is 10.0. The summed E-state index contributed by atoms with van der Waals surface area (Å²) in [5, 5.41) is 9.32. The van der Waals surface area contributed by atoms with Crippen molar-refractivity contribution in [3.05, 3.63) is 0 Å². The average Bonchev–Trinajstić information content (AvgIpc) is 2.57. The molecule has 0 aromatic rings. The van der Waals surface area contributed by atoms with Gasteiger partial charge in [0.05, 0.1) is 0 Å². The van der Waals surface area contributed by atoms with Crippen LogP contribution in [0.5, 0.6) is 0 Å². The van der Waals surface area contributed by atoms with Crippen LogP contribution in [-0.4, -0.2) is 29.2 Å². The van der Waals surface area contributed by atoms with E-state index in [0.717, 1.165) is 12.8 Å². The fourth-order valence-electron chi connectivity index (χ4n) is 3.03. The van der Waals surface area contributed by atoms with E-state index in [9.17, 15) is 9.90 Å². The summed E-state index contributed by atoms with van der Waals surface area (Å²) >= 11 is 0.